The van der Waals surface area contributed by atoms with Gasteiger partial charge in [-0.05, 0) is 19.9 Å². The summed E-state index contributed by atoms with van der Waals surface area (Å²) in [5, 5.41) is 7.52. The molecule has 0 bridgehead atoms. The first-order chi connectivity index (χ1) is 10.1. The van der Waals surface area contributed by atoms with Crippen molar-refractivity contribution in [3.63, 3.8) is 0 Å². The molecule has 7 heteroatoms. The van der Waals surface area contributed by atoms with Crippen molar-refractivity contribution in [3.8, 4) is 0 Å². The average Bonchev–Trinajstić information content (AvgIpc) is 2.48. The van der Waals surface area contributed by atoms with Crippen LogP contribution in [0.2, 0.25) is 0 Å². The number of piperazine rings is 1. The Morgan fingerprint density at radius 1 is 1.33 bits per heavy atom. The van der Waals surface area contributed by atoms with Crippen molar-refractivity contribution in [2.24, 2.45) is 0 Å². The highest BCUT2D eigenvalue weighted by molar-refractivity contribution is 5.76. The van der Waals surface area contributed by atoms with E-state index in [0.717, 1.165) is 56.9 Å². The maximum absolute atomic E-state index is 12.3. The minimum Gasteiger partial charge on any atom is -0.383 e. The van der Waals surface area contributed by atoms with Gasteiger partial charge in [-0.25, -0.2) is 4.68 Å². The lowest BCUT2D eigenvalue weighted by Crippen LogP contribution is -2.48. The van der Waals surface area contributed by atoms with Crippen molar-refractivity contribution in [3.05, 3.63) is 22.1 Å². The lowest BCUT2D eigenvalue weighted by molar-refractivity contribution is -0.133. The van der Waals surface area contributed by atoms with Gasteiger partial charge in [-0.1, -0.05) is 0 Å². The van der Waals surface area contributed by atoms with Gasteiger partial charge in [-0.15, -0.1) is 0 Å². The first kappa shape index (κ1) is 14.1. The Bertz CT molecular complexity index is 590. The fraction of sp³-hybridized carbons (Fsp3) is 0.643. The Morgan fingerprint density at radius 3 is 2.86 bits per heavy atom. The minimum atomic E-state index is -0.217. The number of anilines is 1. The molecule has 0 radical (unpaired) electrons. The molecule has 1 fully saturated rings. The smallest absolute Gasteiger partial charge is 0.269 e. The summed E-state index contributed by atoms with van der Waals surface area (Å²) in [4.78, 5) is 28.3. The molecule has 2 aliphatic rings. The van der Waals surface area contributed by atoms with Gasteiger partial charge in [0.25, 0.3) is 5.56 Å². The van der Waals surface area contributed by atoms with E-state index in [4.69, 9.17) is 0 Å². The molecule has 0 aliphatic carbocycles. The normalized spacial score (nSPS) is 19.0. The number of aromatic nitrogens is 2. The zero-order valence-corrected chi connectivity index (χ0v) is 12.3. The molecular formula is C14H21N5O2. The van der Waals surface area contributed by atoms with E-state index >= 15 is 0 Å². The van der Waals surface area contributed by atoms with E-state index in [-0.39, 0.29) is 18.0 Å². The van der Waals surface area contributed by atoms with Crippen LogP contribution in [0.15, 0.2) is 10.9 Å². The summed E-state index contributed by atoms with van der Waals surface area (Å²) in [6.45, 7) is 4.10. The van der Waals surface area contributed by atoms with Crippen LogP contribution in [0.3, 0.4) is 0 Å². The van der Waals surface area contributed by atoms with Crippen LogP contribution in [0.5, 0.6) is 0 Å². The topological polar surface area (TPSA) is 70.5 Å². The summed E-state index contributed by atoms with van der Waals surface area (Å²) >= 11 is 0. The SMILES string of the molecule is CN1CCN(C(=O)Cn2nc3c(cc2=O)NCCC3)CC1. The number of nitrogens with one attached hydrogen (secondary N) is 1. The number of rotatable bonds is 2. The maximum atomic E-state index is 12.3. The molecule has 1 aromatic heterocycles. The molecule has 0 saturated carbocycles. The fourth-order valence-electron chi connectivity index (χ4n) is 2.74. The van der Waals surface area contributed by atoms with Crippen molar-refractivity contribution < 1.29 is 4.79 Å². The van der Waals surface area contributed by atoms with Gasteiger partial charge < -0.3 is 15.1 Å². The Balaban J connectivity index is 1.72. The van der Waals surface area contributed by atoms with Gasteiger partial charge in [0, 0.05) is 38.8 Å². The van der Waals surface area contributed by atoms with E-state index in [9.17, 15) is 9.59 Å². The van der Waals surface area contributed by atoms with Gasteiger partial charge in [0.15, 0.2) is 0 Å². The maximum Gasteiger partial charge on any atom is 0.269 e. The minimum absolute atomic E-state index is 0.0265. The molecule has 0 atom stereocenters. The number of aryl methyl sites for hydroxylation is 1. The first-order valence-electron chi connectivity index (χ1n) is 7.45. The fourth-order valence-corrected chi connectivity index (χ4v) is 2.74. The van der Waals surface area contributed by atoms with Crippen molar-refractivity contribution >= 4 is 11.6 Å². The van der Waals surface area contributed by atoms with Crippen LogP contribution in [0.4, 0.5) is 5.69 Å². The van der Waals surface area contributed by atoms with Crippen molar-refractivity contribution in [2.75, 3.05) is 45.1 Å². The number of fused-ring (bicyclic) bond motifs is 1. The van der Waals surface area contributed by atoms with Gasteiger partial charge in [0.2, 0.25) is 5.91 Å². The third-order valence-electron chi connectivity index (χ3n) is 4.12. The quantitative estimate of drug-likeness (QED) is 0.786. The van der Waals surface area contributed by atoms with Gasteiger partial charge >= 0.3 is 0 Å². The van der Waals surface area contributed by atoms with Crippen LogP contribution in [0, 0.1) is 0 Å². The standard InChI is InChI=1S/C14H21N5O2/c1-17-5-7-18(8-6-17)14(21)10-19-13(20)9-12-11(16-19)3-2-4-15-12/h9,15H,2-8,10H2,1H3. The largest absolute Gasteiger partial charge is 0.383 e. The number of hydrogen-bond donors (Lipinski definition) is 1. The molecule has 3 rings (SSSR count). The molecule has 1 aromatic rings. The molecule has 0 unspecified atom stereocenters. The number of carbonyl (C=O) groups is 1. The number of amides is 1. The first-order valence-corrected chi connectivity index (χ1v) is 7.45. The highest BCUT2D eigenvalue weighted by Gasteiger charge is 2.21. The predicted molar refractivity (Wildman–Crippen MR) is 79.4 cm³/mol. The molecule has 0 aromatic carbocycles. The van der Waals surface area contributed by atoms with E-state index in [1.54, 1.807) is 6.07 Å². The molecule has 0 spiro atoms. The van der Waals surface area contributed by atoms with Crippen LogP contribution in [-0.2, 0) is 17.8 Å². The lowest BCUT2D eigenvalue weighted by Gasteiger charge is -2.32. The predicted octanol–water partition coefficient (Wildman–Crippen LogP) is -0.625. The average molecular weight is 291 g/mol. The monoisotopic (exact) mass is 291 g/mol. The van der Waals surface area contributed by atoms with Crippen LogP contribution in [-0.4, -0.2) is 65.3 Å². The summed E-state index contributed by atoms with van der Waals surface area (Å²) in [6, 6.07) is 1.55. The third-order valence-corrected chi connectivity index (χ3v) is 4.12. The molecule has 1 saturated heterocycles. The van der Waals surface area contributed by atoms with Gasteiger partial charge in [-0.3, -0.25) is 9.59 Å². The molecule has 21 heavy (non-hydrogen) atoms. The summed E-state index contributed by atoms with van der Waals surface area (Å²) in [5.41, 5.74) is 1.48. The van der Waals surface area contributed by atoms with Crippen molar-refractivity contribution in [2.45, 2.75) is 19.4 Å². The molecule has 2 aliphatic heterocycles. The second-order valence-corrected chi connectivity index (χ2v) is 5.71. The third kappa shape index (κ3) is 3.07. The van der Waals surface area contributed by atoms with Crippen LogP contribution >= 0.6 is 0 Å². The lowest BCUT2D eigenvalue weighted by atomic mass is 10.1. The second kappa shape index (κ2) is 5.85. The van der Waals surface area contributed by atoms with E-state index in [1.807, 2.05) is 11.9 Å². The van der Waals surface area contributed by atoms with Gasteiger partial charge in [0.05, 0.1) is 11.4 Å². The van der Waals surface area contributed by atoms with Crippen molar-refractivity contribution in [1.29, 1.82) is 0 Å². The van der Waals surface area contributed by atoms with Crippen molar-refractivity contribution in [1.82, 2.24) is 19.6 Å². The van der Waals surface area contributed by atoms with E-state index in [1.165, 1.54) is 4.68 Å². The van der Waals surface area contributed by atoms with Gasteiger partial charge in [-0.2, -0.15) is 5.10 Å². The Kier molecular flexibility index (Phi) is 3.92. The second-order valence-electron chi connectivity index (χ2n) is 5.71. The van der Waals surface area contributed by atoms with E-state index in [2.05, 4.69) is 15.3 Å². The van der Waals surface area contributed by atoms with Crippen LogP contribution in [0.1, 0.15) is 12.1 Å². The summed E-state index contributed by atoms with van der Waals surface area (Å²) < 4.78 is 1.30. The summed E-state index contributed by atoms with van der Waals surface area (Å²) in [7, 11) is 2.05. The number of likely N-dealkylation sites (N-methyl/N-ethyl adjacent to an activating group) is 1. The zero-order chi connectivity index (χ0) is 14.8. The number of nitrogens with zero attached hydrogens (tertiary/aromatic N) is 4. The molecule has 114 valence electrons. The Labute approximate surface area is 123 Å². The highest BCUT2D eigenvalue weighted by Crippen LogP contribution is 2.16. The Hall–Kier alpha value is -1.89. The molecule has 1 amide bonds. The summed E-state index contributed by atoms with van der Waals surface area (Å²) in [5.74, 6) is -0.0265. The number of hydrogen-bond acceptors (Lipinski definition) is 5. The zero-order valence-electron chi connectivity index (χ0n) is 12.3. The van der Waals surface area contributed by atoms with Crippen LogP contribution in [0.25, 0.3) is 0 Å². The summed E-state index contributed by atoms with van der Waals surface area (Å²) in [6.07, 6.45) is 1.86. The number of carbonyl (C=O) groups excluding carboxylic acids is 1. The van der Waals surface area contributed by atoms with Gasteiger partial charge in [0.1, 0.15) is 6.54 Å². The van der Waals surface area contributed by atoms with Crippen LogP contribution < -0.4 is 10.9 Å². The molecule has 1 N–H and O–H groups in total. The highest BCUT2D eigenvalue weighted by atomic mass is 16.2. The molecule has 7 nitrogen and oxygen atoms in total. The van der Waals surface area contributed by atoms with E-state index < -0.39 is 0 Å². The molecular weight excluding hydrogens is 270 g/mol. The Morgan fingerprint density at radius 2 is 2.10 bits per heavy atom. The molecule has 3 heterocycles. The van der Waals surface area contributed by atoms with E-state index in [0.29, 0.717) is 0 Å².